The molecule has 1 amide bonds. The van der Waals surface area contributed by atoms with Crippen molar-refractivity contribution in [3.63, 3.8) is 0 Å². The molecular weight excluding hydrogens is 316 g/mol. The Labute approximate surface area is 120 Å². The van der Waals surface area contributed by atoms with E-state index in [2.05, 4.69) is 15.9 Å². The second-order valence-electron chi connectivity index (χ2n) is 3.78. The van der Waals surface area contributed by atoms with Gasteiger partial charge < -0.3 is 15.4 Å². The number of carbonyl (C=O) groups is 1. The minimum absolute atomic E-state index is 0.00425. The number of rotatable bonds is 6. The van der Waals surface area contributed by atoms with Crippen molar-refractivity contribution in [3.05, 3.63) is 28.7 Å². The van der Waals surface area contributed by atoms with Gasteiger partial charge >= 0.3 is 0 Å². The molecule has 0 aliphatic carbocycles. The molecular formula is C12H15BrN2O2S. The van der Waals surface area contributed by atoms with E-state index in [0.29, 0.717) is 23.7 Å². The molecule has 1 rings (SSSR count). The van der Waals surface area contributed by atoms with Gasteiger partial charge in [0.2, 0.25) is 0 Å². The van der Waals surface area contributed by atoms with Gasteiger partial charge in [0, 0.05) is 24.5 Å². The van der Waals surface area contributed by atoms with Crippen molar-refractivity contribution in [1.29, 1.82) is 0 Å². The Morgan fingerprint density at radius 2 is 2.28 bits per heavy atom. The molecule has 0 aromatic heterocycles. The number of hydrogen-bond acceptors (Lipinski definition) is 3. The lowest BCUT2D eigenvalue weighted by Gasteiger charge is -2.17. The van der Waals surface area contributed by atoms with Gasteiger partial charge in [0.15, 0.2) is 6.61 Å². The van der Waals surface area contributed by atoms with Gasteiger partial charge in [-0.1, -0.05) is 34.2 Å². The van der Waals surface area contributed by atoms with E-state index in [1.165, 1.54) is 0 Å². The third kappa shape index (κ3) is 5.46. The van der Waals surface area contributed by atoms with E-state index in [0.717, 1.165) is 4.47 Å². The molecule has 2 N–H and O–H groups in total. The van der Waals surface area contributed by atoms with E-state index >= 15 is 0 Å². The average Bonchev–Trinajstić information content (AvgIpc) is 2.33. The highest BCUT2D eigenvalue weighted by Gasteiger charge is 2.09. The fourth-order valence-corrected chi connectivity index (χ4v) is 1.68. The smallest absolute Gasteiger partial charge is 0.260 e. The number of hydrogen-bond donors (Lipinski definition) is 1. The summed E-state index contributed by atoms with van der Waals surface area (Å²) in [6.45, 7) is 0.514. The predicted molar refractivity (Wildman–Crippen MR) is 78.7 cm³/mol. The Kier molecular flexibility index (Phi) is 6.07. The highest BCUT2D eigenvalue weighted by atomic mass is 79.9. The monoisotopic (exact) mass is 330 g/mol. The van der Waals surface area contributed by atoms with Crippen LogP contribution in [0.1, 0.15) is 6.42 Å². The van der Waals surface area contributed by atoms with Crippen LogP contribution in [0.2, 0.25) is 0 Å². The number of amides is 1. The minimum Gasteiger partial charge on any atom is -0.484 e. The molecule has 0 fully saturated rings. The Morgan fingerprint density at radius 1 is 1.56 bits per heavy atom. The molecule has 0 aliphatic heterocycles. The van der Waals surface area contributed by atoms with Crippen molar-refractivity contribution in [2.45, 2.75) is 6.42 Å². The molecule has 6 heteroatoms. The van der Waals surface area contributed by atoms with Crippen LogP contribution < -0.4 is 10.5 Å². The van der Waals surface area contributed by atoms with Crippen molar-refractivity contribution in [2.24, 2.45) is 5.73 Å². The van der Waals surface area contributed by atoms with Crippen LogP contribution >= 0.6 is 28.1 Å². The fourth-order valence-electron chi connectivity index (χ4n) is 1.21. The first-order valence-electron chi connectivity index (χ1n) is 5.39. The first-order chi connectivity index (χ1) is 8.49. The molecule has 0 radical (unpaired) electrons. The number of carbonyl (C=O) groups excluding carboxylic acids is 1. The zero-order valence-electron chi connectivity index (χ0n) is 10.1. The fraction of sp³-hybridized carbons (Fsp3) is 0.333. The van der Waals surface area contributed by atoms with E-state index in [4.69, 9.17) is 22.7 Å². The van der Waals surface area contributed by atoms with Gasteiger partial charge in [-0.3, -0.25) is 4.79 Å². The maximum atomic E-state index is 11.7. The molecule has 98 valence electrons. The van der Waals surface area contributed by atoms with Crippen molar-refractivity contribution >= 4 is 39.0 Å². The standard InChI is InChI=1S/C12H15BrN2O2S/c1-15(6-5-11(14)18)12(16)8-17-10-4-2-3-9(13)7-10/h2-4,7H,5-6,8H2,1H3,(H2,14,18). The van der Waals surface area contributed by atoms with Gasteiger partial charge in [-0.15, -0.1) is 0 Å². The number of likely N-dealkylation sites (N-methyl/N-ethyl adjacent to an activating group) is 1. The van der Waals surface area contributed by atoms with Gasteiger partial charge in [0.1, 0.15) is 5.75 Å². The molecule has 0 unspecified atom stereocenters. The molecule has 1 aromatic carbocycles. The SMILES string of the molecule is CN(CCC(N)=S)C(=O)COc1cccc(Br)c1. The maximum absolute atomic E-state index is 11.7. The number of benzene rings is 1. The van der Waals surface area contributed by atoms with E-state index in [9.17, 15) is 4.79 Å². The summed E-state index contributed by atoms with van der Waals surface area (Å²) in [6.07, 6.45) is 0.522. The largest absolute Gasteiger partial charge is 0.484 e. The van der Waals surface area contributed by atoms with Crippen molar-refractivity contribution < 1.29 is 9.53 Å². The summed E-state index contributed by atoms with van der Waals surface area (Å²) < 4.78 is 6.30. The van der Waals surface area contributed by atoms with Crippen LogP contribution in [0.15, 0.2) is 28.7 Å². The quantitative estimate of drug-likeness (QED) is 0.810. The van der Waals surface area contributed by atoms with Crippen LogP contribution in [0.3, 0.4) is 0 Å². The predicted octanol–water partition coefficient (Wildman–Crippen LogP) is 1.96. The highest BCUT2D eigenvalue weighted by molar-refractivity contribution is 9.10. The lowest BCUT2D eigenvalue weighted by atomic mass is 10.3. The molecule has 1 aromatic rings. The first kappa shape index (κ1) is 14.9. The van der Waals surface area contributed by atoms with Crippen LogP contribution in [0.4, 0.5) is 0 Å². The Balaban J connectivity index is 2.38. The molecule has 0 spiro atoms. The molecule has 0 aliphatic rings. The van der Waals surface area contributed by atoms with Gasteiger partial charge in [-0.05, 0) is 18.2 Å². The van der Waals surface area contributed by atoms with Crippen LogP contribution in [0, 0.1) is 0 Å². The number of halogens is 1. The van der Waals surface area contributed by atoms with Crippen LogP contribution in [-0.4, -0.2) is 36.0 Å². The van der Waals surface area contributed by atoms with E-state index in [1.54, 1.807) is 18.0 Å². The third-order valence-corrected chi connectivity index (χ3v) is 2.98. The zero-order valence-corrected chi connectivity index (χ0v) is 12.5. The Morgan fingerprint density at radius 3 is 2.89 bits per heavy atom. The van der Waals surface area contributed by atoms with Crippen LogP contribution in [-0.2, 0) is 4.79 Å². The minimum atomic E-state index is -0.105. The van der Waals surface area contributed by atoms with Crippen LogP contribution in [0.5, 0.6) is 5.75 Å². The highest BCUT2D eigenvalue weighted by Crippen LogP contribution is 2.17. The Hall–Kier alpha value is -1.14. The number of thiocarbonyl (C=S) groups is 1. The summed E-state index contributed by atoms with van der Waals surface area (Å²) in [6, 6.07) is 7.35. The first-order valence-corrected chi connectivity index (χ1v) is 6.60. The topological polar surface area (TPSA) is 55.6 Å². The average molecular weight is 331 g/mol. The summed E-state index contributed by atoms with van der Waals surface area (Å²) in [5, 5.41) is 0. The van der Waals surface area contributed by atoms with E-state index in [1.807, 2.05) is 18.2 Å². The molecule has 0 heterocycles. The lowest BCUT2D eigenvalue weighted by Crippen LogP contribution is -2.33. The normalized spacial score (nSPS) is 9.89. The molecule has 0 atom stereocenters. The third-order valence-electron chi connectivity index (χ3n) is 2.28. The number of nitrogens with two attached hydrogens (primary N) is 1. The van der Waals surface area contributed by atoms with Crippen molar-refractivity contribution in [2.75, 3.05) is 20.2 Å². The summed E-state index contributed by atoms with van der Waals surface area (Å²) in [7, 11) is 1.70. The Bertz CT molecular complexity index is 440. The number of nitrogens with zero attached hydrogens (tertiary/aromatic N) is 1. The van der Waals surface area contributed by atoms with Gasteiger partial charge in [0.25, 0.3) is 5.91 Å². The molecule has 4 nitrogen and oxygen atoms in total. The summed E-state index contributed by atoms with van der Waals surface area (Å²) in [4.78, 5) is 13.7. The van der Waals surface area contributed by atoms with Gasteiger partial charge in [0.05, 0.1) is 4.99 Å². The summed E-state index contributed by atoms with van der Waals surface area (Å²) >= 11 is 8.09. The van der Waals surface area contributed by atoms with Crippen LogP contribution in [0.25, 0.3) is 0 Å². The maximum Gasteiger partial charge on any atom is 0.260 e. The molecule has 18 heavy (non-hydrogen) atoms. The lowest BCUT2D eigenvalue weighted by molar-refractivity contribution is -0.131. The van der Waals surface area contributed by atoms with Gasteiger partial charge in [-0.2, -0.15) is 0 Å². The second-order valence-corrected chi connectivity index (χ2v) is 5.22. The summed E-state index contributed by atoms with van der Waals surface area (Å²) in [5.74, 6) is 0.548. The summed E-state index contributed by atoms with van der Waals surface area (Å²) in [5.41, 5.74) is 5.38. The molecule has 0 saturated carbocycles. The number of ether oxygens (including phenoxy) is 1. The zero-order chi connectivity index (χ0) is 13.5. The van der Waals surface area contributed by atoms with Crippen molar-refractivity contribution in [3.8, 4) is 5.75 Å². The van der Waals surface area contributed by atoms with E-state index in [-0.39, 0.29) is 12.5 Å². The van der Waals surface area contributed by atoms with Crippen molar-refractivity contribution in [1.82, 2.24) is 4.90 Å². The van der Waals surface area contributed by atoms with Gasteiger partial charge in [-0.25, -0.2) is 0 Å². The molecule has 0 bridgehead atoms. The second kappa shape index (κ2) is 7.33. The van der Waals surface area contributed by atoms with E-state index < -0.39 is 0 Å². The molecule has 0 saturated heterocycles.